The number of aromatic nitrogens is 2. The van der Waals surface area contributed by atoms with Gasteiger partial charge in [0.05, 0.1) is 5.56 Å². The molecule has 3 heterocycles. The maximum Gasteiger partial charge on any atom is 0.470 e. The van der Waals surface area contributed by atoms with Crippen molar-refractivity contribution < 1.29 is 22.4 Å². The van der Waals surface area contributed by atoms with Crippen LogP contribution in [0.4, 0.5) is 13.2 Å². The quantitative estimate of drug-likeness (QED) is 0.848. The van der Waals surface area contributed by atoms with Gasteiger partial charge in [0.15, 0.2) is 0 Å². The van der Waals surface area contributed by atoms with Gasteiger partial charge < -0.3 is 9.32 Å². The van der Waals surface area contributed by atoms with E-state index in [1.54, 1.807) is 16.3 Å². The van der Waals surface area contributed by atoms with Crippen molar-refractivity contribution in [2.24, 2.45) is 0 Å². The van der Waals surface area contributed by atoms with Gasteiger partial charge in [0, 0.05) is 24.4 Å². The van der Waals surface area contributed by atoms with Gasteiger partial charge in [-0.15, -0.1) is 10.2 Å². The Bertz CT molecular complexity index is 646. The molecule has 0 aromatic carbocycles. The molecule has 1 fully saturated rings. The fourth-order valence-electron chi connectivity index (χ4n) is 2.41. The minimum Gasteiger partial charge on any atom is -0.417 e. The smallest absolute Gasteiger partial charge is 0.417 e. The monoisotopic (exact) mass is 331 g/mol. The van der Waals surface area contributed by atoms with E-state index < -0.39 is 12.1 Å². The van der Waals surface area contributed by atoms with Gasteiger partial charge in [-0.1, -0.05) is 0 Å². The zero-order valence-corrected chi connectivity index (χ0v) is 12.2. The van der Waals surface area contributed by atoms with Crippen LogP contribution in [0.5, 0.6) is 0 Å². The van der Waals surface area contributed by atoms with Crippen LogP contribution in [0.2, 0.25) is 0 Å². The highest BCUT2D eigenvalue weighted by Crippen LogP contribution is 2.32. The molecule has 3 rings (SSSR count). The summed E-state index contributed by atoms with van der Waals surface area (Å²) in [5.41, 5.74) is 0.639. The third-order valence-electron chi connectivity index (χ3n) is 3.58. The first-order valence-electron chi connectivity index (χ1n) is 6.67. The Labute approximate surface area is 127 Å². The summed E-state index contributed by atoms with van der Waals surface area (Å²) in [6, 6.07) is 1.76. The Morgan fingerprint density at radius 3 is 2.59 bits per heavy atom. The van der Waals surface area contributed by atoms with Crippen LogP contribution in [0.3, 0.4) is 0 Å². The molecule has 0 saturated carbocycles. The minimum atomic E-state index is -4.62. The summed E-state index contributed by atoms with van der Waals surface area (Å²) in [7, 11) is 0. The first-order chi connectivity index (χ1) is 10.4. The van der Waals surface area contributed by atoms with Gasteiger partial charge in [-0.05, 0) is 24.3 Å². The molecule has 1 aliphatic rings. The van der Waals surface area contributed by atoms with E-state index in [4.69, 9.17) is 4.42 Å². The Hall–Kier alpha value is -1.90. The Morgan fingerprint density at radius 2 is 2.05 bits per heavy atom. The van der Waals surface area contributed by atoms with Gasteiger partial charge in [0.1, 0.15) is 0 Å². The summed E-state index contributed by atoms with van der Waals surface area (Å²) < 4.78 is 42.0. The molecule has 1 amide bonds. The van der Waals surface area contributed by atoms with Crippen molar-refractivity contribution in [2.75, 3.05) is 13.1 Å². The average Bonchev–Trinajstić information content (AvgIpc) is 3.17. The third-order valence-corrected chi connectivity index (χ3v) is 4.27. The zero-order valence-electron chi connectivity index (χ0n) is 11.3. The molecule has 22 heavy (non-hydrogen) atoms. The largest absolute Gasteiger partial charge is 0.470 e. The topological polar surface area (TPSA) is 59.2 Å². The maximum absolute atomic E-state index is 12.4. The average molecular weight is 331 g/mol. The second-order valence-electron chi connectivity index (χ2n) is 5.02. The summed E-state index contributed by atoms with van der Waals surface area (Å²) >= 11 is 1.45. The van der Waals surface area contributed by atoms with E-state index >= 15 is 0 Å². The van der Waals surface area contributed by atoms with Crippen molar-refractivity contribution >= 4 is 17.2 Å². The summed E-state index contributed by atoms with van der Waals surface area (Å²) in [5, 5.41) is 10.1. The first kappa shape index (κ1) is 15.0. The molecule has 0 N–H and O–H groups in total. The highest BCUT2D eigenvalue weighted by molar-refractivity contribution is 7.08. The number of hydrogen-bond donors (Lipinski definition) is 0. The van der Waals surface area contributed by atoms with Crippen LogP contribution in [0.25, 0.3) is 0 Å². The predicted molar refractivity (Wildman–Crippen MR) is 71.5 cm³/mol. The number of rotatable bonds is 2. The molecule has 0 spiro atoms. The second kappa shape index (κ2) is 5.71. The van der Waals surface area contributed by atoms with Crippen molar-refractivity contribution in [1.29, 1.82) is 0 Å². The number of alkyl halides is 3. The molecule has 118 valence electrons. The SMILES string of the molecule is O=C(c1ccsc1)N1CCC(c2nnc(C(F)(F)F)o2)CC1. The lowest BCUT2D eigenvalue weighted by atomic mass is 9.96. The van der Waals surface area contributed by atoms with Gasteiger partial charge in [-0.25, -0.2) is 0 Å². The van der Waals surface area contributed by atoms with Crippen LogP contribution in [0, 0.1) is 0 Å². The number of likely N-dealkylation sites (tertiary alicyclic amines) is 1. The predicted octanol–water partition coefficient (Wildman–Crippen LogP) is 3.17. The van der Waals surface area contributed by atoms with E-state index in [0.29, 0.717) is 31.5 Å². The van der Waals surface area contributed by atoms with Crippen LogP contribution >= 0.6 is 11.3 Å². The molecule has 2 aromatic rings. The van der Waals surface area contributed by atoms with Crippen LogP contribution in [-0.4, -0.2) is 34.1 Å². The number of hydrogen-bond acceptors (Lipinski definition) is 5. The zero-order chi connectivity index (χ0) is 15.7. The second-order valence-corrected chi connectivity index (χ2v) is 5.80. The van der Waals surface area contributed by atoms with Crippen LogP contribution in [0.15, 0.2) is 21.2 Å². The minimum absolute atomic E-state index is 0.00467. The molecule has 0 unspecified atom stereocenters. The third kappa shape index (κ3) is 2.99. The molecule has 1 aliphatic heterocycles. The fraction of sp³-hybridized carbons (Fsp3) is 0.462. The van der Waals surface area contributed by atoms with Crippen molar-refractivity contribution in [3.05, 3.63) is 34.2 Å². The molecule has 2 aromatic heterocycles. The first-order valence-corrected chi connectivity index (χ1v) is 7.61. The Balaban J connectivity index is 1.62. The summed E-state index contributed by atoms with van der Waals surface area (Å²) in [6.45, 7) is 0.923. The number of halogens is 3. The molecule has 9 heteroatoms. The van der Waals surface area contributed by atoms with Gasteiger partial charge >= 0.3 is 12.1 Å². The molecule has 0 bridgehead atoms. The standard InChI is InChI=1S/C13H12F3N3O2S/c14-13(15,16)12-18-17-10(21-12)8-1-4-19(5-2-8)11(20)9-3-6-22-7-9/h3,6-8H,1-2,4-5H2. The number of piperidine rings is 1. The van der Waals surface area contributed by atoms with Gasteiger partial charge in [0.25, 0.3) is 5.91 Å². The molecular weight excluding hydrogens is 319 g/mol. The van der Waals surface area contributed by atoms with Crippen molar-refractivity contribution in [3.63, 3.8) is 0 Å². The van der Waals surface area contributed by atoms with Crippen molar-refractivity contribution in [1.82, 2.24) is 15.1 Å². The summed E-state index contributed by atoms with van der Waals surface area (Å²) in [4.78, 5) is 13.9. The highest BCUT2D eigenvalue weighted by Gasteiger charge is 2.39. The van der Waals surface area contributed by atoms with Gasteiger partial charge in [-0.3, -0.25) is 4.79 Å². The lowest BCUT2D eigenvalue weighted by molar-refractivity contribution is -0.157. The van der Waals surface area contributed by atoms with E-state index in [9.17, 15) is 18.0 Å². The van der Waals surface area contributed by atoms with E-state index in [0.717, 1.165) is 0 Å². The summed E-state index contributed by atoms with van der Waals surface area (Å²) in [6.07, 6.45) is -3.61. The van der Waals surface area contributed by atoms with Crippen molar-refractivity contribution in [3.8, 4) is 0 Å². The normalized spacial score (nSPS) is 17.0. The van der Waals surface area contributed by atoms with Crippen LogP contribution < -0.4 is 0 Å². The molecule has 0 atom stereocenters. The molecule has 1 saturated heterocycles. The van der Waals surface area contributed by atoms with E-state index in [1.165, 1.54) is 11.3 Å². The molecule has 5 nitrogen and oxygen atoms in total. The number of carbonyl (C=O) groups is 1. The van der Waals surface area contributed by atoms with Gasteiger partial charge in [-0.2, -0.15) is 24.5 Å². The Kier molecular flexibility index (Phi) is 3.90. The number of amides is 1. The molecule has 0 aliphatic carbocycles. The van der Waals surface area contributed by atoms with Gasteiger partial charge in [0.2, 0.25) is 5.89 Å². The Morgan fingerprint density at radius 1 is 1.32 bits per heavy atom. The highest BCUT2D eigenvalue weighted by atomic mass is 32.1. The maximum atomic E-state index is 12.4. The van der Waals surface area contributed by atoms with E-state index in [2.05, 4.69) is 10.2 Å². The van der Waals surface area contributed by atoms with Crippen molar-refractivity contribution in [2.45, 2.75) is 24.9 Å². The van der Waals surface area contributed by atoms with E-state index in [-0.39, 0.29) is 17.7 Å². The lowest BCUT2D eigenvalue weighted by Gasteiger charge is -2.30. The van der Waals surface area contributed by atoms with Crippen LogP contribution in [0.1, 0.15) is 40.9 Å². The number of carbonyl (C=O) groups excluding carboxylic acids is 1. The summed E-state index contributed by atoms with van der Waals surface area (Å²) in [5.74, 6) is -1.62. The van der Waals surface area contributed by atoms with Crippen LogP contribution in [-0.2, 0) is 6.18 Å². The molecular formula is C13H12F3N3O2S. The molecule has 0 radical (unpaired) electrons. The number of nitrogens with zero attached hydrogens (tertiary/aromatic N) is 3. The van der Waals surface area contributed by atoms with E-state index in [1.807, 2.05) is 5.38 Å². The fourth-order valence-corrected chi connectivity index (χ4v) is 3.04. The lowest BCUT2D eigenvalue weighted by Crippen LogP contribution is -2.37. The number of thiophene rings is 1.